The molecule has 0 aliphatic heterocycles. The van der Waals surface area contributed by atoms with E-state index in [4.69, 9.17) is 23.2 Å². The van der Waals surface area contributed by atoms with Gasteiger partial charge in [-0.05, 0) is 41.8 Å². The van der Waals surface area contributed by atoms with Crippen LogP contribution in [0.3, 0.4) is 0 Å². The van der Waals surface area contributed by atoms with Gasteiger partial charge in [0.2, 0.25) is 0 Å². The molecule has 0 atom stereocenters. The fourth-order valence-electron chi connectivity index (χ4n) is 3.26. The van der Waals surface area contributed by atoms with Gasteiger partial charge in [0.1, 0.15) is 0 Å². The molecule has 0 fully saturated rings. The molecule has 4 aromatic rings. The molecule has 0 bridgehead atoms. The van der Waals surface area contributed by atoms with Crippen molar-refractivity contribution in [3.63, 3.8) is 0 Å². The lowest BCUT2D eigenvalue weighted by Gasteiger charge is -2.03. The Kier molecular flexibility index (Phi) is 6.24. The number of halogens is 2. The Labute approximate surface area is 181 Å². The second-order valence-corrected chi connectivity index (χ2v) is 8.06. The van der Waals surface area contributed by atoms with Gasteiger partial charge in [0, 0.05) is 45.4 Å². The summed E-state index contributed by atoms with van der Waals surface area (Å²) in [6.45, 7) is 1.68. The predicted molar refractivity (Wildman–Crippen MR) is 117 cm³/mol. The van der Waals surface area contributed by atoms with Crippen molar-refractivity contribution < 1.29 is 9.13 Å². The SMILES string of the molecule is Clc1ccc(C[n+]2ccc(Cc3cc[n+](Cc4ccc(Cl)cc4)cc3)cc2)cc1. The van der Waals surface area contributed by atoms with Crippen molar-refractivity contribution in [2.24, 2.45) is 0 Å². The maximum absolute atomic E-state index is 5.96. The van der Waals surface area contributed by atoms with Gasteiger partial charge in [-0.15, -0.1) is 0 Å². The average molecular weight is 421 g/mol. The maximum atomic E-state index is 5.96. The van der Waals surface area contributed by atoms with Crippen LogP contribution < -0.4 is 9.13 Å². The largest absolute Gasteiger partial charge is 0.201 e. The summed E-state index contributed by atoms with van der Waals surface area (Å²) in [5, 5.41) is 1.54. The van der Waals surface area contributed by atoms with E-state index in [-0.39, 0.29) is 0 Å². The predicted octanol–water partition coefficient (Wildman–Crippen LogP) is 5.26. The zero-order chi connectivity index (χ0) is 20.1. The number of benzene rings is 2. The summed E-state index contributed by atoms with van der Waals surface area (Å²) in [5.41, 5.74) is 5.07. The zero-order valence-corrected chi connectivity index (χ0v) is 17.5. The monoisotopic (exact) mass is 420 g/mol. The summed E-state index contributed by atoms with van der Waals surface area (Å²) in [6.07, 6.45) is 9.45. The second-order valence-electron chi connectivity index (χ2n) is 7.19. The van der Waals surface area contributed by atoms with Crippen LogP contribution in [0.4, 0.5) is 0 Å². The first kappa shape index (κ1) is 19.6. The Morgan fingerprint density at radius 3 is 1.14 bits per heavy atom. The van der Waals surface area contributed by atoms with Crippen molar-refractivity contribution in [2.45, 2.75) is 19.5 Å². The lowest BCUT2D eigenvalue weighted by Crippen LogP contribution is -2.33. The zero-order valence-electron chi connectivity index (χ0n) is 16.0. The second kappa shape index (κ2) is 9.21. The van der Waals surface area contributed by atoms with Crippen LogP contribution in [0.1, 0.15) is 22.3 Å². The molecule has 0 radical (unpaired) electrons. The summed E-state index contributed by atoms with van der Waals surface area (Å²) in [7, 11) is 0. The number of pyridine rings is 2. The van der Waals surface area contributed by atoms with Crippen LogP contribution in [0.5, 0.6) is 0 Å². The minimum atomic E-state index is 0.770. The minimum Gasteiger partial charge on any atom is -0.201 e. The number of nitrogens with zero attached hydrogens (tertiary/aromatic N) is 2. The molecule has 2 heterocycles. The molecule has 0 aliphatic rings. The van der Waals surface area contributed by atoms with Crippen molar-refractivity contribution in [3.8, 4) is 0 Å². The van der Waals surface area contributed by atoms with Crippen LogP contribution in [-0.4, -0.2) is 0 Å². The molecule has 2 aromatic carbocycles. The van der Waals surface area contributed by atoms with Crippen molar-refractivity contribution in [1.82, 2.24) is 0 Å². The standard InChI is InChI=1S/C25H22Cl2N2/c26-24-5-1-22(2-6-24)18-28-13-9-20(10-14-28)17-21-11-15-29(16-12-21)19-23-3-7-25(27)8-4-23/h1-16H,17-19H2/q+2. The number of aromatic nitrogens is 2. The molecule has 4 heteroatoms. The smallest absolute Gasteiger partial charge is 0.173 e. The molecule has 144 valence electrons. The van der Waals surface area contributed by atoms with Crippen LogP contribution in [-0.2, 0) is 19.5 Å². The van der Waals surface area contributed by atoms with E-state index in [1.54, 1.807) is 0 Å². The first-order valence-corrected chi connectivity index (χ1v) is 10.3. The molecule has 2 nitrogen and oxygen atoms in total. The van der Waals surface area contributed by atoms with Gasteiger partial charge in [0.05, 0.1) is 0 Å². The van der Waals surface area contributed by atoms with Crippen molar-refractivity contribution in [3.05, 3.63) is 130 Å². The van der Waals surface area contributed by atoms with Crippen molar-refractivity contribution in [2.75, 3.05) is 0 Å². The molecule has 4 rings (SSSR count). The highest BCUT2D eigenvalue weighted by Crippen LogP contribution is 2.11. The third-order valence-corrected chi connectivity index (χ3v) is 5.39. The lowest BCUT2D eigenvalue weighted by atomic mass is 10.1. The van der Waals surface area contributed by atoms with E-state index >= 15 is 0 Å². The molecular weight excluding hydrogens is 399 g/mol. The minimum absolute atomic E-state index is 0.770. The number of rotatable bonds is 6. The fraction of sp³-hybridized carbons (Fsp3) is 0.120. The normalized spacial score (nSPS) is 10.8. The molecule has 29 heavy (non-hydrogen) atoms. The lowest BCUT2D eigenvalue weighted by molar-refractivity contribution is -0.688. The highest BCUT2D eigenvalue weighted by Gasteiger charge is 2.06. The molecule has 0 N–H and O–H groups in total. The Hall–Kier alpha value is -2.68. The average Bonchev–Trinajstić information content (AvgIpc) is 2.74. The van der Waals surface area contributed by atoms with Gasteiger partial charge < -0.3 is 0 Å². The number of hydrogen-bond acceptors (Lipinski definition) is 0. The Balaban J connectivity index is 1.36. The van der Waals surface area contributed by atoms with E-state index in [1.807, 2.05) is 24.3 Å². The number of hydrogen-bond donors (Lipinski definition) is 0. The highest BCUT2D eigenvalue weighted by molar-refractivity contribution is 6.30. The highest BCUT2D eigenvalue weighted by atomic mass is 35.5. The molecule has 0 saturated heterocycles. The Morgan fingerprint density at radius 1 is 0.448 bits per heavy atom. The van der Waals surface area contributed by atoms with E-state index < -0.39 is 0 Å². The molecule has 0 saturated carbocycles. The Morgan fingerprint density at radius 2 is 0.793 bits per heavy atom. The van der Waals surface area contributed by atoms with E-state index in [0.717, 1.165) is 29.6 Å². The molecule has 0 aliphatic carbocycles. The van der Waals surface area contributed by atoms with Gasteiger partial charge in [0.15, 0.2) is 37.9 Å². The third-order valence-electron chi connectivity index (χ3n) is 4.89. The molecule has 0 spiro atoms. The van der Waals surface area contributed by atoms with Gasteiger partial charge in [-0.3, -0.25) is 0 Å². The van der Waals surface area contributed by atoms with E-state index in [0.29, 0.717) is 0 Å². The summed E-state index contributed by atoms with van der Waals surface area (Å²) >= 11 is 11.9. The summed E-state index contributed by atoms with van der Waals surface area (Å²) < 4.78 is 4.36. The molecule has 0 amide bonds. The van der Waals surface area contributed by atoms with Crippen LogP contribution in [0.25, 0.3) is 0 Å². The van der Waals surface area contributed by atoms with E-state index in [9.17, 15) is 0 Å². The van der Waals surface area contributed by atoms with Crippen LogP contribution >= 0.6 is 23.2 Å². The fourth-order valence-corrected chi connectivity index (χ4v) is 3.51. The van der Waals surface area contributed by atoms with Crippen LogP contribution in [0.2, 0.25) is 10.0 Å². The maximum Gasteiger partial charge on any atom is 0.173 e. The van der Waals surface area contributed by atoms with Gasteiger partial charge >= 0.3 is 0 Å². The van der Waals surface area contributed by atoms with Crippen molar-refractivity contribution in [1.29, 1.82) is 0 Å². The van der Waals surface area contributed by atoms with Crippen LogP contribution in [0, 0.1) is 0 Å². The quantitative estimate of drug-likeness (QED) is 0.376. The third kappa shape index (κ3) is 5.66. The molecule has 0 unspecified atom stereocenters. The summed E-state index contributed by atoms with van der Waals surface area (Å²) in [6, 6.07) is 24.7. The topological polar surface area (TPSA) is 7.76 Å². The van der Waals surface area contributed by atoms with Gasteiger partial charge in [-0.25, -0.2) is 9.13 Å². The Bertz CT molecular complexity index is 967. The van der Waals surface area contributed by atoms with E-state index in [1.165, 1.54) is 22.3 Å². The summed E-state index contributed by atoms with van der Waals surface area (Å²) in [5.74, 6) is 0. The van der Waals surface area contributed by atoms with Gasteiger partial charge in [-0.2, -0.15) is 0 Å². The summed E-state index contributed by atoms with van der Waals surface area (Å²) in [4.78, 5) is 0. The van der Waals surface area contributed by atoms with Crippen molar-refractivity contribution >= 4 is 23.2 Å². The van der Waals surface area contributed by atoms with Crippen LogP contribution in [0.15, 0.2) is 97.6 Å². The first-order chi connectivity index (χ1) is 14.1. The van der Waals surface area contributed by atoms with E-state index in [2.05, 4.69) is 82.5 Å². The van der Waals surface area contributed by atoms with Gasteiger partial charge in [0.25, 0.3) is 0 Å². The first-order valence-electron chi connectivity index (χ1n) is 9.59. The van der Waals surface area contributed by atoms with Gasteiger partial charge in [-0.1, -0.05) is 47.5 Å². The molecule has 2 aromatic heterocycles. The molecular formula is C25H22Cl2N2+2.